The number of hydrogen-bond donors (Lipinski definition) is 23. The maximum atomic E-state index is 15.2. The molecule has 98 heavy (non-hydrogen) atoms. The summed E-state index contributed by atoms with van der Waals surface area (Å²) in [4.78, 5) is 109. The fourth-order valence-electron chi connectivity index (χ4n) is 12.0. The number of nitrogens with zero attached hydrogens (tertiary/aromatic N) is 3. The Labute approximate surface area is 558 Å². The summed E-state index contributed by atoms with van der Waals surface area (Å²) in [5, 5.41) is 159. The van der Waals surface area contributed by atoms with E-state index >= 15 is 9.59 Å². The number of carbonyl (C=O) groups is 7. The first-order chi connectivity index (χ1) is 46.5. The van der Waals surface area contributed by atoms with Crippen LogP contribution in [0.4, 0.5) is 5.69 Å². The van der Waals surface area contributed by atoms with Gasteiger partial charge < -0.3 is 154 Å². The number of aliphatic hydroxyl groups excluding tert-OH is 13. The molecule has 2 aromatic rings. The number of aliphatic imine (C=N–C) groups is 2. The van der Waals surface area contributed by atoms with Crippen LogP contribution in [0.5, 0.6) is 5.75 Å². The van der Waals surface area contributed by atoms with Gasteiger partial charge in [0.2, 0.25) is 41.7 Å². The monoisotopic (exact) mass is 1390 g/mol. The van der Waals surface area contributed by atoms with Gasteiger partial charge in [-0.3, -0.25) is 43.5 Å². The van der Waals surface area contributed by atoms with Gasteiger partial charge in [0.25, 0.3) is 0 Å². The van der Waals surface area contributed by atoms with Crippen LogP contribution < -0.4 is 59.2 Å². The maximum absolute atomic E-state index is 15.2. The fourth-order valence-corrected chi connectivity index (χ4v) is 12.0. The Kier molecular flexibility index (Phi) is 25.9. The van der Waals surface area contributed by atoms with Gasteiger partial charge in [-0.05, 0) is 29.2 Å². The molecule has 0 saturated carbocycles. The summed E-state index contributed by atoms with van der Waals surface area (Å²) in [5.74, 6) is -10.5. The smallest absolute Gasteiger partial charge is 0.306 e. The molecule has 0 aromatic heterocycles. The quantitative estimate of drug-likeness (QED) is 0.0432. The molecule has 6 heterocycles. The minimum Gasteiger partial charge on any atom is -0.460 e. The molecule has 0 bridgehead atoms. The SMILES string of the molecule is CC(C)CC(=O)OC1C(OC2C(CO)OC(Oc3ccc(CC4NC(=O)C(C(C)c5ccccc5)NC(=O)CNC(=O)C(CO)NC(=O)C(C(O)C5CN=C(N)N5C5OC(CO)C(O)C(O)C5O)NC(=O)C(C(O)C5CN=C(N)N5)NC4=O)cc3N)C(O)C2O)OC(CO)C(O)C1O. The number of hydrogen-bond acceptors (Lipinski definition) is 33. The summed E-state index contributed by atoms with van der Waals surface area (Å²) in [6.07, 6.45) is -32.5. The van der Waals surface area contributed by atoms with Crippen LogP contribution in [0.2, 0.25) is 0 Å². The third kappa shape index (κ3) is 17.4. The van der Waals surface area contributed by atoms with E-state index in [0.717, 1.165) is 4.90 Å². The van der Waals surface area contributed by atoms with E-state index in [0.29, 0.717) is 5.56 Å². The zero-order chi connectivity index (χ0) is 71.7. The first kappa shape index (κ1) is 76.0. The second-order valence-corrected chi connectivity index (χ2v) is 24.9. The highest BCUT2D eigenvalue weighted by molar-refractivity contribution is 5.98. The van der Waals surface area contributed by atoms with Crippen LogP contribution in [0, 0.1) is 5.92 Å². The van der Waals surface area contributed by atoms with Crippen LogP contribution in [0.3, 0.4) is 0 Å². The first-order valence-corrected chi connectivity index (χ1v) is 31.4. The molecule has 8 rings (SSSR count). The molecule has 2 aromatic carbocycles. The van der Waals surface area contributed by atoms with E-state index in [1.165, 1.54) is 18.2 Å². The van der Waals surface area contributed by atoms with Crippen molar-refractivity contribution >= 4 is 59.0 Å². The van der Waals surface area contributed by atoms with Gasteiger partial charge in [0.15, 0.2) is 30.5 Å². The van der Waals surface area contributed by atoms with Gasteiger partial charge in [0, 0.05) is 18.8 Å². The normalized spacial score (nSPS) is 35.7. The van der Waals surface area contributed by atoms with Crippen LogP contribution in [0.15, 0.2) is 58.5 Å². The molecule has 26 N–H and O–H groups in total. The van der Waals surface area contributed by atoms with Crippen molar-refractivity contribution in [2.24, 2.45) is 27.4 Å². The largest absolute Gasteiger partial charge is 0.460 e. The molecule has 0 radical (unpaired) electrons. The number of nitrogen functional groups attached to an aromatic ring is 1. The number of amides is 6. The molecular formula is C59H87N13O26. The number of guanidine groups is 2. The Morgan fingerprint density at radius 2 is 1.21 bits per heavy atom. The van der Waals surface area contributed by atoms with E-state index in [1.807, 2.05) is 0 Å². The molecule has 25 unspecified atom stereocenters. The Balaban J connectivity index is 1.11. The lowest BCUT2D eigenvalue weighted by molar-refractivity contribution is -0.353. The summed E-state index contributed by atoms with van der Waals surface area (Å²) in [6.45, 7) is -0.748. The average Bonchev–Trinajstić information content (AvgIpc) is 1.40. The number of carbonyl (C=O) groups excluding carboxylic acids is 7. The molecule has 6 aliphatic heterocycles. The van der Waals surface area contributed by atoms with Gasteiger partial charge in [0.05, 0.1) is 63.8 Å². The molecule has 6 amide bonds. The van der Waals surface area contributed by atoms with Crippen molar-refractivity contribution in [2.45, 2.75) is 186 Å². The lowest BCUT2D eigenvalue weighted by Crippen LogP contribution is -2.70. The minimum atomic E-state index is -2.37. The molecule has 544 valence electrons. The van der Waals surface area contributed by atoms with Crippen LogP contribution in [0.1, 0.15) is 44.2 Å². The summed E-state index contributed by atoms with van der Waals surface area (Å²) >= 11 is 0. The summed E-state index contributed by atoms with van der Waals surface area (Å²) < 4.78 is 34.4. The zero-order valence-electron chi connectivity index (χ0n) is 53.2. The Hall–Kier alpha value is -7.81. The van der Waals surface area contributed by atoms with E-state index in [2.05, 4.69) is 47.2 Å². The predicted octanol–water partition coefficient (Wildman–Crippen LogP) is -12.4. The lowest BCUT2D eigenvalue weighted by Gasteiger charge is -2.46. The zero-order valence-corrected chi connectivity index (χ0v) is 53.2. The number of nitrogens with one attached hydrogen (secondary N) is 7. The van der Waals surface area contributed by atoms with E-state index < -0.39 is 246 Å². The molecule has 0 aliphatic carbocycles. The van der Waals surface area contributed by atoms with Crippen molar-refractivity contribution in [1.82, 2.24) is 42.1 Å². The Morgan fingerprint density at radius 1 is 0.612 bits per heavy atom. The van der Waals surface area contributed by atoms with Gasteiger partial charge >= 0.3 is 5.97 Å². The standard InChI is InChI=1S/C59H87N13O26/c1-21(2)11-35(78)97-49-44(84)42(82)32(19-75)95-57(49)98-48-33(20-76)96-56(47(87)45(48)85)94-30-10-9-23(12-25(30)60)13-26-51(89)70-37(39(79)27-14-64-58(61)68-27)54(92)71-38(40(80)29-15-65-59(62)72(29)55-46(86)43(83)41(81)31(18-74)93-55)53(91)67-28(17-73)50(88)63-16-34(77)69-36(52(90)66-26)22(3)24-7-5-4-6-8-24/h4-10,12,21-22,26-29,31-33,36-49,55-57,73-76,79-87H,11,13-20,60H2,1-3H3,(H2,62,65)(H,63,88)(H,66,90)(H,67,91)(H,69,77)(H,70,89)(H,71,92)(H3,61,64,68). The van der Waals surface area contributed by atoms with Crippen molar-refractivity contribution < 1.29 is 128 Å². The summed E-state index contributed by atoms with van der Waals surface area (Å²) in [6, 6.07) is -1.07. The first-order valence-electron chi connectivity index (χ1n) is 31.4. The van der Waals surface area contributed by atoms with Gasteiger partial charge in [0.1, 0.15) is 115 Å². The molecular weight excluding hydrogens is 1310 g/mol. The van der Waals surface area contributed by atoms with Crippen LogP contribution >= 0.6 is 0 Å². The van der Waals surface area contributed by atoms with E-state index in [4.69, 9.17) is 45.6 Å². The van der Waals surface area contributed by atoms with E-state index in [1.54, 1.807) is 51.1 Å². The lowest BCUT2D eigenvalue weighted by atomic mass is 9.92. The summed E-state index contributed by atoms with van der Waals surface area (Å²) in [7, 11) is 0. The van der Waals surface area contributed by atoms with Gasteiger partial charge in [-0.1, -0.05) is 57.2 Å². The molecule has 4 saturated heterocycles. The third-order valence-corrected chi connectivity index (χ3v) is 17.5. The maximum Gasteiger partial charge on any atom is 0.306 e. The number of anilines is 1. The van der Waals surface area contributed by atoms with Crippen LogP contribution in [-0.2, 0) is 63.7 Å². The summed E-state index contributed by atoms with van der Waals surface area (Å²) in [5.41, 5.74) is 19.0. The number of aliphatic hydroxyl groups is 13. The highest BCUT2D eigenvalue weighted by Gasteiger charge is 2.55. The molecule has 39 nitrogen and oxygen atoms in total. The molecule has 0 spiro atoms. The number of ether oxygens (including phenoxy) is 6. The second-order valence-electron chi connectivity index (χ2n) is 24.9. The highest BCUT2D eigenvalue weighted by Crippen LogP contribution is 2.35. The van der Waals surface area contributed by atoms with Crippen molar-refractivity contribution in [2.75, 3.05) is 51.8 Å². The third-order valence-electron chi connectivity index (χ3n) is 17.5. The van der Waals surface area contributed by atoms with Crippen LogP contribution in [-0.4, -0.2) is 317 Å². The molecule has 4 fully saturated rings. The Morgan fingerprint density at radius 3 is 1.85 bits per heavy atom. The Bertz CT molecular complexity index is 3180. The van der Waals surface area contributed by atoms with Crippen molar-refractivity contribution in [3.05, 3.63) is 59.7 Å². The number of rotatable bonds is 20. The van der Waals surface area contributed by atoms with Gasteiger partial charge in [-0.25, -0.2) is 0 Å². The number of nitrogens with two attached hydrogens (primary N) is 3. The van der Waals surface area contributed by atoms with Crippen molar-refractivity contribution in [3.8, 4) is 5.75 Å². The van der Waals surface area contributed by atoms with Crippen molar-refractivity contribution in [3.63, 3.8) is 0 Å². The number of benzene rings is 2. The second kappa shape index (κ2) is 33.4. The van der Waals surface area contributed by atoms with Crippen LogP contribution in [0.25, 0.3) is 0 Å². The average molecular weight is 1390 g/mol. The predicted molar refractivity (Wildman–Crippen MR) is 331 cm³/mol. The van der Waals surface area contributed by atoms with Gasteiger partial charge in [-0.15, -0.1) is 0 Å². The fraction of sp³-hybridized carbons (Fsp3) is 0.644. The molecule has 6 aliphatic rings. The minimum absolute atomic E-state index is 0.0915. The number of esters is 1. The van der Waals surface area contributed by atoms with Gasteiger partial charge in [-0.2, -0.15) is 0 Å². The van der Waals surface area contributed by atoms with Crippen molar-refractivity contribution in [1.29, 1.82) is 0 Å². The topological polar surface area (TPSA) is 628 Å². The van der Waals surface area contributed by atoms with E-state index in [9.17, 15) is 90.4 Å². The van der Waals surface area contributed by atoms with E-state index in [-0.39, 0.29) is 41.8 Å². The molecule has 25 atom stereocenters. The molecule has 39 heteroatoms. The highest BCUT2D eigenvalue weighted by atomic mass is 16.8.